The number of methoxy groups -OCH3 is 1. The molecule has 1 N–H and O–H groups in total. The van der Waals surface area contributed by atoms with Gasteiger partial charge in [0.2, 0.25) is 0 Å². The predicted octanol–water partition coefficient (Wildman–Crippen LogP) is 2.69. The minimum atomic E-state index is 0.0469. The number of nitrogens with zero attached hydrogens (tertiary/aromatic N) is 6. The number of benzene rings is 2. The molecular formula is C26H33N7O2. The fourth-order valence-corrected chi connectivity index (χ4v) is 4.88. The largest absolute Gasteiger partial charge is 0.494 e. The van der Waals surface area contributed by atoms with Gasteiger partial charge in [-0.05, 0) is 31.0 Å². The van der Waals surface area contributed by atoms with Gasteiger partial charge in [0, 0.05) is 63.6 Å². The number of hydrogen-bond acceptors (Lipinski definition) is 6. The van der Waals surface area contributed by atoms with E-state index in [0.29, 0.717) is 18.9 Å². The third-order valence-corrected chi connectivity index (χ3v) is 6.80. The number of hydrogen-bond donors (Lipinski definition) is 1. The molecule has 3 heterocycles. The van der Waals surface area contributed by atoms with Crippen LogP contribution in [0.1, 0.15) is 17.8 Å². The number of carbonyl (C=O) groups is 1. The van der Waals surface area contributed by atoms with Crippen LogP contribution in [0.15, 0.2) is 54.9 Å². The number of urea groups is 1. The third kappa shape index (κ3) is 5.40. The molecule has 0 spiro atoms. The van der Waals surface area contributed by atoms with Crippen molar-refractivity contribution in [2.75, 3.05) is 51.3 Å². The van der Waals surface area contributed by atoms with Gasteiger partial charge in [0.05, 0.1) is 7.11 Å². The maximum absolute atomic E-state index is 12.9. The summed E-state index contributed by atoms with van der Waals surface area (Å²) in [5.74, 6) is 1.46. The Labute approximate surface area is 206 Å². The average molecular weight is 476 g/mol. The van der Waals surface area contributed by atoms with Crippen molar-refractivity contribution < 1.29 is 9.53 Å². The van der Waals surface area contributed by atoms with Crippen LogP contribution in [-0.4, -0.2) is 83.0 Å². The zero-order valence-corrected chi connectivity index (χ0v) is 20.4. The molecule has 1 atom stereocenters. The van der Waals surface area contributed by atoms with Gasteiger partial charge < -0.3 is 19.9 Å². The number of aryl methyl sites for hydroxylation is 1. The molecule has 2 amide bonds. The van der Waals surface area contributed by atoms with E-state index in [1.54, 1.807) is 18.1 Å². The lowest BCUT2D eigenvalue weighted by molar-refractivity contribution is 0.190. The van der Waals surface area contributed by atoms with E-state index in [1.807, 2.05) is 30.0 Å². The lowest BCUT2D eigenvalue weighted by Gasteiger charge is -2.36. The van der Waals surface area contributed by atoms with Crippen molar-refractivity contribution in [2.24, 2.45) is 0 Å². The quantitative estimate of drug-likeness (QED) is 0.591. The van der Waals surface area contributed by atoms with Crippen LogP contribution in [0.2, 0.25) is 0 Å². The fraction of sp³-hybridized carbons (Fsp3) is 0.423. The van der Waals surface area contributed by atoms with Crippen molar-refractivity contribution in [1.29, 1.82) is 0 Å². The molecule has 1 aromatic heterocycles. The van der Waals surface area contributed by atoms with Crippen molar-refractivity contribution in [1.82, 2.24) is 29.9 Å². The number of carbonyl (C=O) groups excluding carboxylic acids is 1. The molecule has 9 heteroatoms. The summed E-state index contributed by atoms with van der Waals surface area (Å²) in [5.41, 5.74) is 3.25. The summed E-state index contributed by atoms with van der Waals surface area (Å²) in [6.45, 7) is 7.66. The molecule has 5 rings (SSSR count). The first kappa shape index (κ1) is 23.2. The Morgan fingerprint density at radius 1 is 1.09 bits per heavy atom. The highest BCUT2D eigenvalue weighted by Crippen LogP contribution is 2.29. The molecule has 1 unspecified atom stereocenters. The van der Waals surface area contributed by atoms with Gasteiger partial charge in [0.1, 0.15) is 23.6 Å². The third-order valence-electron chi connectivity index (χ3n) is 6.80. The van der Waals surface area contributed by atoms with Gasteiger partial charge in [-0.15, -0.1) is 0 Å². The number of amides is 2. The molecule has 0 aliphatic carbocycles. The summed E-state index contributed by atoms with van der Waals surface area (Å²) in [4.78, 5) is 23.7. The van der Waals surface area contributed by atoms with E-state index in [1.165, 1.54) is 5.56 Å². The summed E-state index contributed by atoms with van der Waals surface area (Å²) in [5, 5.41) is 7.64. The monoisotopic (exact) mass is 475 g/mol. The molecule has 2 fully saturated rings. The standard InChI is InChI=1S/C26H33N7O2/c1-20-27-19-33(29-20)24-9-8-23(16-25(24)35-2)31-12-14-32(15-13-31)26(34)28-22-10-11-30(18-22)17-21-6-4-3-5-7-21/h3-9,16,19,22H,10-15,17-18H2,1-2H3,(H,28,34). The molecule has 3 aromatic rings. The lowest BCUT2D eigenvalue weighted by atomic mass is 10.2. The Balaban J connectivity index is 1.12. The zero-order chi connectivity index (χ0) is 24.2. The van der Waals surface area contributed by atoms with Gasteiger partial charge in [-0.25, -0.2) is 14.5 Å². The first-order valence-electron chi connectivity index (χ1n) is 12.2. The Hall–Kier alpha value is -3.59. The molecule has 9 nitrogen and oxygen atoms in total. The van der Waals surface area contributed by atoms with Gasteiger partial charge in [-0.1, -0.05) is 30.3 Å². The first-order chi connectivity index (χ1) is 17.1. The van der Waals surface area contributed by atoms with Crippen LogP contribution in [0.5, 0.6) is 5.75 Å². The van der Waals surface area contributed by atoms with Crippen LogP contribution in [0.4, 0.5) is 10.5 Å². The van der Waals surface area contributed by atoms with Crippen LogP contribution < -0.4 is 15.0 Å². The minimum absolute atomic E-state index is 0.0469. The first-order valence-corrected chi connectivity index (χ1v) is 12.2. The molecule has 0 radical (unpaired) electrons. The van der Waals surface area contributed by atoms with E-state index < -0.39 is 0 Å². The van der Waals surface area contributed by atoms with E-state index in [4.69, 9.17) is 4.74 Å². The fourth-order valence-electron chi connectivity index (χ4n) is 4.88. The van der Waals surface area contributed by atoms with E-state index >= 15 is 0 Å². The highest BCUT2D eigenvalue weighted by atomic mass is 16.5. The second-order valence-electron chi connectivity index (χ2n) is 9.22. The van der Waals surface area contributed by atoms with Gasteiger partial charge in [0.15, 0.2) is 0 Å². The number of likely N-dealkylation sites (tertiary alicyclic amines) is 1. The Bertz CT molecular complexity index is 1140. The smallest absolute Gasteiger partial charge is 0.317 e. The van der Waals surface area contributed by atoms with Crippen LogP contribution in [0, 0.1) is 6.92 Å². The number of anilines is 1. The van der Waals surface area contributed by atoms with E-state index in [9.17, 15) is 4.79 Å². The van der Waals surface area contributed by atoms with Crippen molar-refractivity contribution in [3.8, 4) is 11.4 Å². The Kier molecular flexibility index (Phi) is 6.85. The molecule has 2 aliphatic rings. The number of nitrogens with one attached hydrogen (secondary N) is 1. The van der Waals surface area contributed by atoms with Crippen molar-refractivity contribution in [3.63, 3.8) is 0 Å². The highest BCUT2D eigenvalue weighted by molar-refractivity contribution is 5.75. The molecule has 0 saturated carbocycles. The minimum Gasteiger partial charge on any atom is -0.494 e. The number of aromatic nitrogens is 3. The number of ether oxygens (including phenoxy) is 1. The van der Waals surface area contributed by atoms with Gasteiger partial charge >= 0.3 is 6.03 Å². The van der Waals surface area contributed by atoms with Gasteiger partial charge in [-0.2, -0.15) is 5.10 Å². The number of piperazine rings is 1. The van der Waals surface area contributed by atoms with Crippen LogP contribution in [0.3, 0.4) is 0 Å². The highest BCUT2D eigenvalue weighted by Gasteiger charge is 2.27. The molecule has 2 aliphatic heterocycles. The summed E-state index contributed by atoms with van der Waals surface area (Å²) < 4.78 is 7.35. The van der Waals surface area contributed by atoms with Crippen molar-refractivity contribution in [2.45, 2.75) is 25.9 Å². The number of rotatable bonds is 6. The normalized spacial score (nSPS) is 18.6. The average Bonchev–Trinajstić information content (AvgIpc) is 3.52. The predicted molar refractivity (Wildman–Crippen MR) is 135 cm³/mol. The van der Waals surface area contributed by atoms with Crippen LogP contribution in [-0.2, 0) is 6.54 Å². The van der Waals surface area contributed by atoms with E-state index in [2.05, 4.69) is 55.5 Å². The Morgan fingerprint density at radius 3 is 2.60 bits per heavy atom. The summed E-state index contributed by atoms with van der Waals surface area (Å²) in [7, 11) is 1.67. The lowest BCUT2D eigenvalue weighted by Crippen LogP contribution is -2.53. The molecule has 2 saturated heterocycles. The topological polar surface area (TPSA) is 78.8 Å². The maximum Gasteiger partial charge on any atom is 0.317 e. The van der Waals surface area contributed by atoms with Gasteiger partial charge in [-0.3, -0.25) is 4.90 Å². The van der Waals surface area contributed by atoms with Crippen molar-refractivity contribution >= 4 is 11.7 Å². The summed E-state index contributed by atoms with van der Waals surface area (Å²) in [6.07, 6.45) is 2.69. The summed E-state index contributed by atoms with van der Waals surface area (Å²) in [6, 6.07) is 16.9. The zero-order valence-electron chi connectivity index (χ0n) is 20.4. The second-order valence-corrected chi connectivity index (χ2v) is 9.22. The van der Waals surface area contributed by atoms with Crippen LogP contribution >= 0.6 is 0 Å². The SMILES string of the molecule is COc1cc(N2CCN(C(=O)NC3CCN(Cc4ccccc4)C3)CC2)ccc1-n1cnc(C)n1. The molecule has 35 heavy (non-hydrogen) atoms. The maximum atomic E-state index is 12.9. The van der Waals surface area contributed by atoms with Crippen LogP contribution in [0.25, 0.3) is 5.69 Å². The molecule has 2 aromatic carbocycles. The molecule has 0 bridgehead atoms. The van der Waals surface area contributed by atoms with Gasteiger partial charge in [0.25, 0.3) is 0 Å². The van der Waals surface area contributed by atoms with E-state index in [-0.39, 0.29) is 12.1 Å². The molecule has 184 valence electrons. The molecular weight excluding hydrogens is 442 g/mol. The summed E-state index contributed by atoms with van der Waals surface area (Å²) >= 11 is 0. The van der Waals surface area contributed by atoms with E-state index in [0.717, 1.165) is 56.3 Å². The Morgan fingerprint density at radius 2 is 1.89 bits per heavy atom. The second kappa shape index (κ2) is 10.4. The van der Waals surface area contributed by atoms with Crippen molar-refractivity contribution in [3.05, 3.63) is 66.2 Å².